The van der Waals surface area contributed by atoms with Gasteiger partial charge in [-0.15, -0.1) is 0 Å². The number of likely N-dealkylation sites (tertiary alicyclic amines) is 1. The van der Waals surface area contributed by atoms with Crippen LogP contribution in [0.1, 0.15) is 42.5 Å². The van der Waals surface area contributed by atoms with E-state index in [1.165, 1.54) is 11.8 Å². The maximum Gasteiger partial charge on any atom is 0.262 e. The highest BCUT2D eigenvalue weighted by molar-refractivity contribution is 8.00. The molecule has 0 radical (unpaired) electrons. The second-order valence-electron chi connectivity index (χ2n) is 7.76. The van der Waals surface area contributed by atoms with Gasteiger partial charge in [0.1, 0.15) is 5.25 Å². The number of carbonyl (C=O) groups excluding carboxylic acids is 1. The van der Waals surface area contributed by atoms with E-state index < -0.39 is 5.25 Å². The first-order chi connectivity index (χ1) is 14.2. The van der Waals surface area contributed by atoms with E-state index in [1.807, 2.05) is 64.1 Å². The highest BCUT2D eigenvalue weighted by Gasteiger charge is 2.33. The number of carbonyl (C=O) groups is 1. The van der Waals surface area contributed by atoms with Gasteiger partial charge in [0.2, 0.25) is 5.91 Å². The van der Waals surface area contributed by atoms with Gasteiger partial charge >= 0.3 is 0 Å². The van der Waals surface area contributed by atoms with Crippen LogP contribution >= 0.6 is 11.8 Å². The summed E-state index contributed by atoms with van der Waals surface area (Å²) < 4.78 is 1.82. The third-order valence-electron chi connectivity index (χ3n) is 5.66. The highest BCUT2D eigenvalue weighted by atomic mass is 32.2. The van der Waals surface area contributed by atoms with Crippen molar-refractivity contribution in [1.82, 2.24) is 14.5 Å². The van der Waals surface area contributed by atoms with E-state index >= 15 is 0 Å². The molecule has 148 valence electrons. The van der Waals surface area contributed by atoms with Gasteiger partial charge in [-0.1, -0.05) is 54.2 Å². The fourth-order valence-electron chi connectivity index (χ4n) is 3.96. The zero-order valence-corrected chi connectivity index (χ0v) is 17.0. The van der Waals surface area contributed by atoms with Crippen molar-refractivity contribution in [2.75, 3.05) is 13.1 Å². The first-order valence-electron chi connectivity index (χ1n) is 10.2. The molecule has 6 heteroatoms. The highest BCUT2D eigenvalue weighted by Crippen LogP contribution is 2.41. The standard InChI is InChI=1S/C23H23N3O2S/c27-21-18-10-4-5-11-19(18)24-23(26(21)17-12-13-17)29-20(16-8-2-1-3-9-16)22(28)25-14-6-7-15-25/h1-5,8-11,17,20H,6-7,12-15H2/t20-/m1/s1. The van der Waals surface area contributed by atoms with Crippen molar-refractivity contribution in [2.24, 2.45) is 0 Å². The molecular formula is C23H23N3O2S. The van der Waals surface area contributed by atoms with Crippen molar-refractivity contribution in [1.29, 1.82) is 0 Å². The number of rotatable bonds is 5. The summed E-state index contributed by atoms with van der Waals surface area (Å²) in [5, 5.41) is 0.899. The van der Waals surface area contributed by atoms with Gasteiger partial charge in [-0.25, -0.2) is 4.98 Å². The smallest absolute Gasteiger partial charge is 0.262 e. The Morgan fingerprint density at radius 1 is 1.00 bits per heavy atom. The van der Waals surface area contributed by atoms with E-state index in [1.54, 1.807) is 0 Å². The molecule has 2 heterocycles. The number of para-hydroxylation sites is 1. The lowest BCUT2D eigenvalue weighted by Gasteiger charge is -2.24. The Bertz CT molecular complexity index is 1100. The van der Waals surface area contributed by atoms with Gasteiger partial charge < -0.3 is 4.90 Å². The summed E-state index contributed by atoms with van der Waals surface area (Å²) in [5.41, 5.74) is 1.65. The van der Waals surface area contributed by atoms with Crippen LogP contribution in [0.3, 0.4) is 0 Å². The zero-order valence-electron chi connectivity index (χ0n) is 16.2. The number of benzene rings is 2. The molecule has 2 fully saturated rings. The molecule has 1 amide bonds. The minimum Gasteiger partial charge on any atom is -0.341 e. The molecule has 2 aliphatic rings. The molecule has 1 atom stereocenters. The minimum atomic E-state index is -0.396. The topological polar surface area (TPSA) is 55.2 Å². The number of hydrogen-bond acceptors (Lipinski definition) is 4. The van der Waals surface area contributed by atoms with Crippen LogP contribution in [0.4, 0.5) is 0 Å². The van der Waals surface area contributed by atoms with E-state index in [2.05, 4.69) is 0 Å². The molecule has 0 bridgehead atoms. The minimum absolute atomic E-state index is 0.000957. The Balaban J connectivity index is 1.60. The van der Waals surface area contributed by atoms with Crippen LogP contribution in [0.25, 0.3) is 10.9 Å². The predicted molar refractivity (Wildman–Crippen MR) is 115 cm³/mol. The van der Waals surface area contributed by atoms with Crippen molar-refractivity contribution in [3.8, 4) is 0 Å². The molecule has 29 heavy (non-hydrogen) atoms. The molecule has 1 aliphatic heterocycles. The molecule has 0 N–H and O–H groups in total. The van der Waals surface area contributed by atoms with Crippen molar-refractivity contribution in [2.45, 2.75) is 42.1 Å². The Hall–Kier alpha value is -2.60. The fourth-order valence-corrected chi connectivity index (χ4v) is 5.21. The number of amides is 1. The summed E-state index contributed by atoms with van der Waals surface area (Å²) >= 11 is 1.42. The third-order valence-corrected chi connectivity index (χ3v) is 6.86. The van der Waals surface area contributed by atoms with Crippen LogP contribution in [-0.4, -0.2) is 33.4 Å². The molecule has 0 spiro atoms. The number of fused-ring (bicyclic) bond motifs is 1. The van der Waals surface area contributed by atoms with Crippen molar-refractivity contribution >= 4 is 28.6 Å². The van der Waals surface area contributed by atoms with Crippen LogP contribution in [0, 0.1) is 0 Å². The SMILES string of the molecule is O=C([C@H](Sc1nc2ccccc2c(=O)n1C1CC1)c1ccccc1)N1CCCC1. The monoisotopic (exact) mass is 405 g/mol. The number of aromatic nitrogens is 2. The first kappa shape index (κ1) is 18.4. The van der Waals surface area contributed by atoms with E-state index in [4.69, 9.17) is 4.98 Å². The molecule has 0 unspecified atom stereocenters. The van der Waals surface area contributed by atoms with Gasteiger partial charge in [0.15, 0.2) is 5.16 Å². The molecule has 5 rings (SSSR count). The molecule has 1 aliphatic carbocycles. The third kappa shape index (κ3) is 3.57. The second-order valence-corrected chi connectivity index (χ2v) is 8.83. The number of hydrogen-bond donors (Lipinski definition) is 0. The largest absolute Gasteiger partial charge is 0.341 e. The fraction of sp³-hybridized carbons (Fsp3) is 0.348. The lowest BCUT2D eigenvalue weighted by Crippen LogP contribution is -2.32. The normalized spacial score (nSPS) is 17.6. The van der Waals surface area contributed by atoms with E-state index in [-0.39, 0.29) is 17.5 Å². The summed E-state index contributed by atoms with van der Waals surface area (Å²) in [5.74, 6) is 0.114. The molecule has 5 nitrogen and oxygen atoms in total. The Labute approximate surface area is 173 Å². The predicted octanol–water partition coefficient (Wildman–Crippen LogP) is 4.19. The van der Waals surface area contributed by atoms with Gasteiger partial charge in [-0.2, -0.15) is 0 Å². The van der Waals surface area contributed by atoms with Gasteiger partial charge in [-0.05, 0) is 43.4 Å². The zero-order chi connectivity index (χ0) is 19.8. The van der Waals surface area contributed by atoms with Gasteiger partial charge in [0, 0.05) is 19.1 Å². The van der Waals surface area contributed by atoms with Crippen LogP contribution in [0.5, 0.6) is 0 Å². The van der Waals surface area contributed by atoms with Gasteiger partial charge in [-0.3, -0.25) is 14.2 Å². The summed E-state index contributed by atoms with van der Waals surface area (Å²) in [6.07, 6.45) is 4.09. The lowest BCUT2D eigenvalue weighted by molar-refractivity contribution is -0.129. The Morgan fingerprint density at radius 3 is 2.41 bits per heavy atom. The molecule has 1 saturated carbocycles. The average Bonchev–Trinajstić information content (AvgIpc) is 3.43. The van der Waals surface area contributed by atoms with Crippen LogP contribution in [-0.2, 0) is 4.79 Å². The van der Waals surface area contributed by atoms with E-state index in [9.17, 15) is 9.59 Å². The number of thioether (sulfide) groups is 1. The molecular weight excluding hydrogens is 382 g/mol. The Kier molecular flexibility index (Phi) is 4.87. The van der Waals surface area contributed by atoms with Crippen molar-refractivity contribution in [3.63, 3.8) is 0 Å². The number of nitrogens with zero attached hydrogens (tertiary/aromatic N) is 3. The maximum atomic E-state index is 13.4. The summed E-state index contributed by atoms with van der Waals surface area (Å²) in [6.45, 7) is 1.62. The molecule has 1 saturated heterocycles. The van der Waals surface area contributed by atoms with Gasteiger partial charge in [0.05, 0.1) is 10.9 Å². The van der Waals surface area contributed by atoms with E-state index in [0.29, 0.717) is 16.1 Å². The van der Waals surface area contributed by atoms with Gasteiger partial charge in [0.25, 0.3) is 5.56 Å². The molecule has 2 aromatic carbocycles. The first-order valence-corrected chi connectivity index (χ1v) is 11.1. The lowest BCUT2D eigenvalue weighted by atomic mass is 10.1. The second kappa shape index (κ2) is 7.67. The van der Waals surface area contributed by atoms with Crippen LogP contribution in [0.15, 0.2) is 64.5 Å². The summed E-state index contributed by atoms with van der Waals surface area (Å²) in [7, 11) is 0. The van der Waals surface area contributed by atoms with Crippen LogP contribution < -0.4 is 5.56 Å². The summed E-state index contributed by atoms with van der Waals surface area (Å²) in [4.78, 5) is 33.4. The van der Waals surface area contributed by atoms with E-state index in [0.717, 1.165) is 44.3 Å². The average molecular weight is 406 g/mol. The quantitative estimate of drug-likeness (QED) is 0.472. The maximum absolute atomic E-state index is 13.4. The summed E-state index contributed by atoms with van der Waals surface area (Å²) in [6, 6.07) is 17.5. The van der Waals surface area contributed by atoms with Crippen molar-refractivity contribution in [3.05, 3.63) is 70.5 Å². The van der Waals surface area contributed by atoms with Crippen LogP contribution in [0.2, 0.25) is 0 Å². The molecule has 3 aromatic rings. The Morgan fingerprint density at radius 2 is 1.69 bits per heavy atom. The molecule has 1 aromatic heterocycles. The van der Waals surface area contributed by atoms with Crippen molar-refractivity contribution < 1.29 is 4.79 Å².